The first kappa shape index (κ1) is 32.8. The van der Waals surface area contributed by atoms with Crippen LogP contribution in [0.15, 0.2) is 109 Å². The Bertz CT molecular complexity index is 1710. The lowest BCUT2D eigenvalue weighted by Gasteiger charge is -2.34. The summed E-state index contributed by atoms with van der Waals surface area (Å²) in [5, 5.41) is 3.19. The van der Waals surface area contributed by atoms with E-state index in [1.807, 2.05) is 91.9 Å². The summed E-state index contributed by atoms with van der Waals surface area (Å²) in [6.45, 7) is 1.66. The molecule has 5 rings (SSSR count). The molecule has 0 radical (unpaired) electrons. The van der Waals surface area contributed by atoms with Crippen LogP contribution >= 0.6 is 0 Å². The SMILES string of the molecule is Cc1cccc(CN(C(=O)CN(c2ccc(Oc3ccccc3)cc2)S(C)(=O)=O)[C@@H](Cc2ccccc2)C(=O)NC2CCCC2)c1. The van der Waals surface area contributed by atoms with Gasteiger partial charge in [-0.2, -0.15) is 0 Å². The van der Waals surface area contributed by atoms with Gasteiger partial charge >= 0.3 is 0 Å². The molecule has 2 amide bonds. The number of hydrogen-bond donors (Lipinski definition) is 1. The van der Waals surface area contributed by atoms with Crippen molar-refractivity contribution in [1.29, 1.82) is 0 Å². The van der Waals surface area contributed by atoms with Crippen molar-refractivity contribution in [2.24, 2.45) is 0 Å². The molecule has 0 aromatic heterocycles. The van der Waals surface area contributed by atoms with Crippen molar-refractivity contribution in [1.82, 2.24) is 10.2 Å². The molecule has 0 heterocycles. The molecule has 0 unspecified atom stereocenters. The van der Waals surface area contributed by atoms with Gasteiger partial charge in [-0.1, -0.05) is 91.2 Å². The van der Waals surface area contributed by atoms with Crippen LogP contribution in [0.1, 0.15) is 42.4 Å². The predicted molar refractivity (Wildman–Crippen MR) is 181 cm³/mol. The molecule has 1 saturated carbocycles. The highest BCUT2D eigenvalue weighted by molar-refractivity contribution is 7.92. The number of aryl methyl sites for hydroxylation is 1. The van der Waals surface area contributed by atoms with Crippen LogP contribution < -0.4 is 14.4 Å². The molecule has 46 heavy (non-hydrogen) atoms. The van der Waals surface area contributed by atoms with Gasteiger partial charge in [-0.3, -0.25) is 13.9 Å². The van der Waals surface area contributed by atoms with Crippen LogP contribution in [0.3, 0.4) is 0 Å². The summed E-state index contributed by atoms with van der Waals surface area (Å²) in [7, 11) is -3.88. The summed E-state index contributed by atoms with van der Waals surface area (Å²) in [6.07, 6.45) is 5.29. The van der Waals surface area contributed by atoms with E-state index in [4.69, 9.17) is 4.74 Å². The molecule has 1 aliphatic rings. The third-order valence-electron chi connectivity index (χ3n) is 8.19. The number of carbonyl (C=O) groups excluding carboxylic acids is 2. The van der Waals surface area contributed by atoms with E-state index in [1.165, 1.54) is 4.90 Å². The highest BCUT2D eigenvalue weighted by Gasteiger charge is 2.34. The van der Waals surface area contributed by atoms with Gasteiger partial charge in [-0.05, 0) is 67.3 Å². The maximum absolute atomic E-state index is 14.4. The Morgan fingerprint density at radius 3 is 2.07 bits per heavy atom. The normalized spacial score (nSPS) is 14.0. The Balaban J connectivity index is 1.46. The number of amides is 2. The van der Waals surface area contributed by atoms with Crippen molar-refractivity contribution >= 4 is 27.5 Å². The first-order valence-electron chi connectivity index (χ1n) is 15.7. The van der Waals surface area contributed by atoms with E-state index in [0.717, 1.165) is 52.9 Å². The Kier molecular flexibility index (Phi) is 10.8. The number of sulfonamides is 1. The smallest absolute Gasteiger partial charge is 0.244 e. The van der Waals surface area contributed by atoms with Crippen molar-refractivity contribution in [2.75, 3.05) is 17.1 Å². The van der Waals surface area contributed by atoms with E-state index in [1.54, 1.807) is 24.3 Å². The molecule has 0 aliphatic heterocycles. The number of nitrogens with one attached hydrogen (secondary N) is 1. The van der Waals surface area contributed by atoms with E-state index in [-0.39, 0.29) is 18.5 Å². The first-order valence-corrected chi connectivity index (χ1v) is 17.5. The van der Waals surface area contributed by atoms with Gasteiger partial charge in [0.25, 0.3) is 0 Å². The first-order chi connectivity index (χ1) is 22.2. The number of ether oxygens (including phenoxy) is 1. The van der Waals surface area contributed by atoms with E-state index in [2.05, 4.69) is 5.32 Å². The Morgan fingerprint density at radius 1 is 0.826 bits per heavy atom. The van der Waals surface area contributed by atoms with Crippen molar-refractivity contribution in [3.63, 3.8) is 0 Å². The second kappa shape index (κ2) is 15.1. The lowest BCUT2D eigenvalue weighted by molar-refractivity contribution is -0.140. The summed E-state index contributed by atoms with van der Waals surface area (Å²) in [5.41, 5.74) is 3.11. The van der Waals surface area contributed by atoms with Gasteiger partial charge in [0.1, 0.15) is 24.1 Å². The van der Waals surface area contributed by atoms with E-state index in [0.29, 0.717) is 23.6 Å². The van der Waals surface area contributed by atoms with Crippen LogP contribution in [0.2, 0.25) is 0 Å². The van der Waals surface area contributed by atoms with Gasteiger partial charge in [-0.15, -0.1) is 0 Å². The maximum atomic E-state index is 14.4. The van der Waals surface area contributed by atoms with Crippen LogP contribution in [0.5, 0.6) is 11.5 Å². The molecule has 4 aromatic carbocycles. The average molecular weight is 640 g/mol. The number of nitrogens with zero attached hydrogens (tertiary/aromatic N) is 2. The molecule has 0 saturated heterocycles. The van der Waals surface area contributed by atoms with Gasteiger partial charge in [0.2, 0.25) is 21.8 Å². The lowest BCUT2D eigenvalue weighted by atomic mass is 10.0. The van der Waals surface area contributed by atoms with Gasteiger partial charge in [-0.25, -0.2) is 8.42 Å². The monoisotopic (exact) mass is 639 g/mol. The van der Waals surface area contributed by atoms with Crippen LogP contribution in [0.25, 0.3) is 0 Å². The zero-order valence-corrected chi connectivity index (χ0v) is 27.2. The fourth-order valence-corrected chi connectivity index (χ4v) is 6.70. The number of benzene rings is 4. The topological polar surface area (TPSA) is 96.0 Å². The summed E-state index contributed by atoms with van der Waals surface area (Å²) in [4.78, 5) is 29.9. The quantitative estimate of drug-likeness (QED) is 0.187. The molecule has 1 aliphatic carbocycles. The minimum absolute atomic E-state index is 0.0610. The van der Waals surface area contributed by atoms with Crippen LogP contribution in [0.4, 0.5) is 5.69 Å². The fourth-order valence-electron chi connectivity index (χ4n) is 5.85. The van der Waals surface area contributed by atoms with Gasteiger partial charge in [0.15, 0.2) is 0 Å². The second-order valence-corrected chi connectivity index (χ2v) is 13.8. The Labute approximate surface area is 272 Å². The lowest BCUT2D eigenvalue weighted by Crippen LogP contribution is -2.54. The summed E-state index contributed by atoms with van der Waals surface area (Å²) < 4.78 is 33.2. The molecular weight excluding hydrogens is 598 g/mol. The molecular formula is C37H41N3O5S. The zero-order valence-electron chi connectivity index (χ0n) is 26.3. The maximum Gasteiger partial charge on any atom is 0.244 e. The molecule has 0 bridgehead atoms. The van der Waals surface area contributed by atoms with Crippen molar-refractivity contribution in [3.8, 4) is 11.5 Å². The highest BCUT2D eigenvalue weighted by Crippen LogP contribution is 2.26. The van der Waals surface area contributed by atoms with E-state index >= 15 is 0 Å². The molecule has 1 N–H and O–H groups in total. The van der Waals surface area contributed by atoms with Crippen molar-refractivity contribution < 1.29 is 22.7 Å². The van der Waals surface area contributed by atoms with Gasteiger partial charge in [0.05, 0.1) is 11.9 Å². The zero-order chi connectivity index (χ0) is 32.5. The molecule has 4 aromatic rings. The Hall–Kier alpha value is -4.63. The minimum Gasteiger partial charge on any atom is -0.457 e. The third kappa shape index (κ3) is 8.97. The Morgan fingerprint density at radius 2 is 1.43 bits per heavy atom. The molecule has 240 valence electrons. The van der Waals surface area contributed by atoms with Gasteiger partial charge < -0.3 is 15.0 Å². The largest absolute Gasteiger partial charge is 0.457 e. The molecule has 1 atom stereocenters. The molecule has 8 nitrogen and oxygen atoms in total. The minimum atomic E-state index is -3.88. The molecule has 0 spiro atoms. The standard InChI is InChI=1S/C37H41N3O5S/c1-28-12-11-15-30(24-28)26-39(35(25-29-13-5-3-6-14-29)37(42)38-31-16-9-10-17-31)36(41)27-40(46(2,43)44)32-20-22-34(23-21-32)45-33-18-7-4-8-19-33/h3-8,11-15,18-24,31,35H,9-10,16-17,25-27H2,1-2H3,(H,38,42)/t35-/m0/s1. The van der Waals surface area contributed by atoms with E-state index in [9.17, 15) is 18.0 Å². The average Bonchev–Trinajstić information content (AvgIpc) is 3.55. The van der Waals surface area contributed by atoms with Crippen molar-refractivity contribution in [2.45, 2.75) is 57.7 Å². The summed E-state index contributed by atoms with van der Waals surface area (Å²) >= 11 is 0. The number of carbonyl (C=O) groups is 2. The number of anilines is 1. The molecule has 9 heteroatoms. The predicted octanol–water partition coefficient (Wildman–Crippen LogP) is 6.25. The number of hydrogen-bond acceptors (Lipinski definition) is 5. The molecule has 1 fully saturated rings. The van der Waals surface area contributed by atoms with E-state index < -0.39 is 28.5 Å². The number of rotatable bonds is 13. The highest BCUT2D eigenvalue weighted by atomic mass is 32.2. The van der Waals surface area contributed by atoms with Crippen LogP contribution in [-0.2, 0) is 32.6 Å². The van der Waals surface area contributed by atoms with Crippen molar-refractivity contribution in [3.05, 3.63) is 126 Å². The second-order valence-electron chi connectivity index (χ2n) is 11.9. The van der Waals surface area contributed by atoms with Gasteiger partial charge in [0, 0.05) is 19.0 Å². The summed E-state index contributed by atoms with van der Waals surface area (Å²) in [6, 6.07) is 32.4. The number of para-hydroxylation sites is 1. The summed E-state index contributed by atoms with van der Waals surface area (Å²) in [5.74, 6) is 0.476. The van der Waals surface area contributed by atoms with Crippen LogP contribution in [0, 0.1) is 6.92 Å². The van der Waals surface area contributed by atoms with Crippen LogP contribution in [-0.4, -0.2) is 50.0 Å². The third-order valence-corrected chi connectivity index (χ3v) is 9.33. The fraction of sp³-hybridized carbons (Fsp3) is 0.297.